The van der Waals surface area contributed by atoms with Crippen molar-refractivity contribution in [1.29, 1.82) is 0 Å². The number of phenols is 1. The molecule has 3 N–H and O–H groups in total. The highest BCUT2D eigenvalue weighted by atomic mass is 16.5. The van der Waals surface area contributed by atoms with Crippen molar-refractivity contribution in [3.8, 4) is 11.5 Å². The first kappa shape index (κ1) is 18.5. The lowest BCUT2D eigenvalue weighted by Gasteiger charge is -2.25. The average Bonchev–Trinajstić information content (AvgIpc) is 2.94. The van der Waals surface area contributed by atoms with Gasteiger partial charge in [0.05, 0.1) is 25.3 Å². The van der Waals surface area contributed by atoms with E-state index in [4.69, 9.17) is 4.74 Å². The maximum absolute atomic E-state index is 12.6. The fourth-order valence-electron chi connectivity index (χ4n) is 3.18. The van der Waals surface area contributed by atoms with Crippen molar-refractivity contribution in [2.45, 2.75) is 6.04 Å². The predicted octanol–water partition coefficient (Wildman–Crippen LogP) is 1.81. The molecule has 2 aromatic rings. The molecule has 0 aromatic heterocycles. The van der Waals surface area contributed by atoms with E-state index in [0.29, 0.717) is 11.1 Å². The van der Waals surface area contributed by atoms with E-state index in [1.54, 1.807) is 30.3 Å². The van der Waals surface area contributed by atoms with Crippen molar-refractivity contribution in [2.24, 2.45) is 0 Å². The monoisotopic (exact) mass is 369 g/mol. The van der Waals surface area contributed by atoms with E-state index in [0.717, 1.165) is 0 Å². The minimum atomic E-state index is -0.910. The number of β-amino-alcohol motifs (C(OH)–C–C–N with tert-alkyl or cyclic N) is 1. The van der Waals surface area contributed by atoms with Crippen LogP contribution < -0.4 is 4.74 Å². The van der Waals surface area contributed by atoms with E-state index in [9.17, 15) is 24.9 Å². The number of carbonyl (C=O) groups is 2. The third-order valence-electron chi connectivity index (χ3n) is 4.45. The number of Topliss-reactive ketones (excluding diaryl/α,β-unsaturated/α-hetero) is 1. The molecular weight excluding hydrogens is 350 g/mol. The van der Waals surface area contributed by atoms with E-state index >= 15 is 0 Å². The van der Waals surface area contributed by atoms with Crippen molar-refractivity contribution in [1.82, 2.24) is 4.90 Å². The maximum atomic E-state index is 12.6. The lowest BCUT2D eigenvalue weighted by molar-refractivity contribution is -0.140. The van der Waals surface area contributed by atoms with Crippen LogP contribution in [0.3, 0.4) is 0 Å². The molecule has 0 unspecified atom stereocenters. The van der Waals surface area contributed by atoms with E-state index in [2.05, 4.69) is 0 Å². The second-order valence-corrected chi connectivity index (χ2v) is 6.01. The van der Waals surface area contributed by atoms with Crippen molar-refractivity contribution in [3.63, 3.8) is 0 Å². The minimum Gasteiger partial charge on any atom is -0.507 e. The number of hydrogen-bond donors (Lipinski definition) is 3. The SMILES string of the molecule is COc1cc([C@@H]2C(=C(O)c3ccccc3)C(=O)C(=O)N2CCO)ccc1O. The molecular formula is C20H19NO6. The Morgan fingerprint density at radius 1 is 1.15 bits per heavy atom. The van der Waals surface area contributed by atoms with Crippen LogP contribution in [0, 0.1) is 0 Å². The molecule has 7 heteroatoms. The van der Waals surface area contributed by atoms with Gasteiger partial charge in [-0.25, -0.2) is 0 Å². The standard InChI is InChI=1S/C20H19NO6/c1-27-15-11-13(7-8-14(15)23)17-16(18(24)12-5-3-2-4-6-12)19(25)20(26)21(17)9-10-22/h2-8,11,17,22-24H,9-10H2,1H3/t17-/m1/s1. The molecule has 27 heavy (non-hydrogen) atoms. The number of methoxy groups -OCH3 is 1. The Bertz CT molecular complexity index is 906. The Balaban J connectivity index is 2.21. The Kier molecular flexibility index (Phi) is 5.14. The molecule has 7 nitrogen and oxygen atoms in total. The second kappa shape index (κ2) is 7.51. The Morgan fingerprint density at radius 3 is 2.48 bits per heavy atom. The number of benzene rings is 2. The summed E-state index contributed by atoms with van der Waals surface area (Å²) in [4.78, 5) is 26.3. The smallest absolute Gasteiger partial charge is 0.295 e. The molecule has 1 atom stereocenters. The first-order chi connectivity index (χ1) is 13.0. The first-order valence-corrected chi connectivity index (χ1v) is 8.31. The van der Waals surface area contributed by atoms with Gasteiger partial charge in [-0.1, -0.05) is 36.4 Å². The number of aromatic hydroxyl groups is 1. The van der Waals surface area contributed by atoms with Gasteiger partial charge in [-0.3, -0.25) is 9.59 Å². The van der Waals surface area contributed by atoms with Crippen molar-refractivity contribution in [2.75, 3.05) is 20.3 Å². The first-order valence-electron chi connectivity index (χ1n) is 8.31. The van der Waals surface area contributed by atoms with Crippen LogP contribution in [0.2, 0.25) is 0 Å². The number of aliphatic hydroxyl groups excluding tert-OH is 2. The Labute approximate surface area is 155 Å². The fourth-order valence-corrected chi connectivity index (χ4v) is 3.18. The number of likely N-dealkylation sites (tertiary alicyclic amines) is 1. The molecule has 0 radical (unpaired) electrons. The normalized spacial score (nSPS) is 18.7. The summed E-state index contributed by atoms with van der Waals surface area (Å²) in [6.45, 7) is -0.423. The summed E-state index contributed by atoms with van der Waals surface area (Å²) in [6, 6.07) is 11.9. The lowest BCUT2D eigenvalue weighted by Crippen LogP contribution is -2.32. The maximum Gasteiger partial charge on any atom is 0.295 e. The van der Waals surface area contributed by atoms with Crippen LogP contribution in [-0.2, 0) is 9.59 Å². The van der Waals surface area contributed by atoms with Crippen LogP contribution in [0.5, 0.6) is 11.5 Å². The van der Waals surface area contributed by atoms with E-state index in [1.165, 1.54) is 30.2 Å². The number of ketones is 1. The van der Waals surface area contributed by atoms with Gasteiger partial charge in [0.15, 0.2) is 11.5 Å². The van der Waals surface area contributed by atoms with Crippen molar-refractivity contribution in [3.05, 3.63) is 65.2 Å². The molecule has 3 rings (SSSR count). The number of aliphatic hydroxyl groups is 2. The summed E-state index contributed by atoms with van der Waals surface area (Å²) < 4.78 is 5.11. The number of amides is 1. The predicted molar refractivity (Wildman–Crippen MR) is 97.2 cm³/mol. The summed E-state index contributed by atoms with van der Waals surface area (Å²) >= 11 is 0. The van der Waals surface area contributed by atoms with Gasteiger partial charge in [-0.2, -0.15) is 0 Å². The quantitative estimate of drug-likeness (QED) is 0.422. The summed E-state index contributed by atoms with van der Waals surface area (Å²) in [5.74, 6) is -1.86. The van der Waals surface area contributed by atoms with Gasteiger partial charge in [0, 0.05) is 12.1 Å². The van der Waals surface area contributed by atoms with Gasteiger partial charge in [-0.05, 0) is 17.7 Å². The van der Waals surface area contributed by atoms with Crippen LogP contribution in [0.1, 0.15) is 17.2 Å². The molecule has 1 fully saturated rings. The molecule has 1 aliphatic rings. The average molecular weight is 369 g/mol. The van der Waals surface area contributed by atoms with E-state index in [1.807, 2.05) is 0 Å². The molecule has 0 aliphatic carbocycles. The van der Waals surface area contributed by atoms with Crippen LogP contribution >= 0.6 is 0 Å². The van der Waals surface area contributed by atoms with Gasteiger partial charge < -0.3 is 25.0 Å². The largest absolute Gasteiger partial charge is 0.507 e. The number of carbonyl (C=O) groups excluding carboxylic acids is 2. The van der Waals surface area contributed by atoms with Gasteiger partial charge in [0.2, 0.25) is 0 Å². The highest BCUT2D eigenvalue weighted by Crippen LogP contribution is 2.41. The van der Waals surface area contributed by atoms with Crippen LogP contribution in [-0.4, -0.2) is 52.2 Å². The number of rotatable bonds is 5. The van der Waals surface area contributed by atoms with Crippen LogP contribution in [0.15, 0.2) is 54.1 Å². The molecule has 1 saturated heterocycles. The summed E-state index contributed by atoms with van der Waals surface area (Å²) in [6.07, 6.45) is 0. The molecule has 2 aromatic carbocycles. The highest BCUT2D eigenvalue weighted by molar-refractivity contribution is 6.46. The number of hydrogen-bond acceptors (Lipinski definition) is 6. The van der Waals surface area contributed by atoms with Gasteiger partial charge in [-0.15, -0.1) is 0 Å². The minimum absolute atomic E-state index is 0.0765. The van der Waals surface area contributed by atoms with Crippen LogP contribution in [0.25, 0.3) is 5.76 Å². The molecule has 0 bridgehead atoms. The Hall–Kier alpha value is -3.32. The molecule has 1 heterocycles. The Morgan fingerprint density at radius 2 is 1.85 bits per heavy atom. The summed E-state index contributed by atoms with van der Waals surface area (Å²) in [5, 5.41) is 29.9. The molecule has 1 amide bonds. The zero-order valence-corrected chi connectivity index (χ0v) is 14.6. The molecule has 0 saturated carbocycles. The second-order valence-electron chi connectivity index (χ2n) is 6.01. The van der Waals surface area contributed by atoms with Gasteiger partial charge >= 0.3 is 0 Å². The zero-order valence-electron chi connectivity index (χ0n) is 14.6. The van der Waals surface area contributed by atoms with Crippen molar-refractivity contribution >= 4 is 17.4 Å². The lowest BCUT2D eigenvalue weighted by atomic mass is 9.95. The molecule has 140 valence electrons. The van der Waals surface area contributed by atoms with E-state index < -0.39 is 17.7 Å². The summed E-state index contributed by atoms with van der Waals surface area (Å²) in [7, 11) is 1.38. The number of ether oxygens (including phenoxy) is 1. The molecule has 0 spiro atoms. The highest BCUT2D eigenvalue weighted by Gasteiger charge is 2.46. The van der Waals surface area contributed by atoms with Crippen molar-refractivity contribution < 1.29 is 29.6 Å². The third kappa shape index (κ3) is 3.24. The van der Waals surface area contributed by atoms with Crippen LogP contribution in [0.4, 0.5) is 0 Å². The molecule has 1 aliphatic heterocycles. The van der Waals surface area contributed by atoms with E-state index in [-0.39, 0.29) is 36.0 Å². The van der Waals surface area contributed by atoms with Gasteiger partial charge in [0.25, 0.3) is 11.7 Å². The topological polar surface area (TPSA) is 107 Å². The zero-order chi connectivity index (χ0) is 19.6. The summed E-state index contributed by atoms with van der Waals surface area (Å²) in [5.41, 5.74) is 0.789. The number of phenolic OH excluding ortho intramolecular Hbond substituents is 1. The van der Waals surface area contributed by atoms with Gasteiger partial charge in [0.1, 0.15) is 5.76 Å². The third-order valence-corrected chi connectivity index (χ3v) is 4.45. The fraction of sp³-hybridized carbons (Fsp3) is 0.200. The number of nitrogens with zero attached hydrogens (tertiary/aromatic N) is 1.